The highest BCUT2D eigenvalue weighted by Crippen LogP contribution is 2.53. The van der Waals surface area contributed by atoms with E-state index in [1.165, 1.54) is 0 Å². The summed E-state index contributed by atoms with van der Waals surface area (Å²) >= 11 is 3.44. The molecule has 1 aliphatic heterocycles. The van der Waals surface area contributed by atoms with Gasteiger partial charge in [-0.1, -0.05) is 33.6 Å². The summed E-state index contributed by atoms with van der Waals surface area (Å²) in [6.45, 7) is 5.86. The fourth-order valence-corrected chi connectivity index (χ4v) is 3.42. The third-order valence-electron chi connectivity index (χ3n) is 4.31. The van der Waals surface area contributed by atoms with Crippen molar-refractivity contribution in [3.63, 3.8) is 0 Å². The Morgan fingerprint density at radius 3 is 2.41 bits per heavy atom. The minimum absolute atomic E-state index is 0.0701. The van der Waals surface area contributed by atoms with Gasteiger partial charge in [-0.05, 0) is 51.1 Å². The molecular formula is C18H18BrNO2. The number of benzene rings is 2. The Morgan fingerprint density at radius 2 is 1.77 bits per heavy atom. The number of hydrogen-bond donors (Lipinski definition) is 1. The zero-order valence-corrected chi connectivity index (χ0v) is 14.4. The molecule has 1 fully saturated rings. The summed E-state index contributed by atoms with van der Waals surface area (Å²) in [5.41, 5.74) is 2.24. The van der Waals surface area contributed by atoms with Crippen molar-refractivity contribution >= 4 is 27.5 Å². The average molecular weight is 360 g/mol. The van der Waals surface area contributed by atoms with Crippen molar-refractivity contribution in [1.29, 1.82) is 0 Å². The standard InChI is InChI=1S/C18H18BrNO2/c1-11-4-7-13(8-5-11)20-16(18(2,3)17(20)22)14-10-12(19)6-9-15(14)21/h4-10,16,21H,1-3H3. The Bertz CT molecular complexity index is 737. The number of phenolic OH excluding ortho intramolecular Hbond substituents is 1. The number of aryl methyl sites for hydroxylation is 1. The molecule has 1 unspecified atom stereocenters. The van der Waals surface area contributed by atoms with E-state index < -0.39 is 5.41 Å². The molecule has 1 aliphatic rings. The molecule has 22 heavy (non-hydrogen) atoms. The monoisotopic (exact) mass is 359 g/mol. The number of rotatable bonds is 2. The molecule has 1 heterocycles. The number of anilines is 1. The Kier molecular flexibility index (Phi) is 3.52. The Morgan fingerprint density at radius 1 is 1.14 bits per heavy atom. The van der Waals surface area contributed by atoms with Gasteiger partial charge in [0.1, 0.15) is 5.75 Å². The largest absolute Gasteiger partial charge is 0.508 e. The number of halogens is 1. The average Bonchev–Trinajstić information content (AvgIpc) is 2.48. The molecule has 1 atom stereocenters. The topological polar surface area (TPSA) is 40.5 Å². The van der Waals surface area contributed by atoms with Crippen LogP contribution in [-0.4, -0.2) is 11.0 Å². The van der Waals surface area contributed by atoms with E-state index in [2.05, 4.69) is 15.9 Å². The third kappa shape index (κ3) is 2.22. The molecule has 0 aliphatic carbocycles. The predicted octanol–water partition coefficient (Wildman–Crippen LogP) is 4.58. The van der Waals surface area contributed by atoms with Crippen LogP contribution in [0.2, 0.25) is 0 Å². The molecule has 0 radical (unpaired) electrons. The molecule has 0 saturated carbocycles. The summed E-state index contributed by atoms with van der Waals surface area (Å²) in [6, 6.07) is 13.0. The van der Waals surface area contributed by atoms with Crippen molar-refractivity contribution in [2.45, 2.75) is 26.8 Å². The van der Waals surface area contributed by atoms with Gasteiger partial charge in [-0.2, -0.15) is 0 Å². The summed E-state index contributed by atoms with van der Waals surface area (Å²) < 4.78 is 0.888. The summed E-state index contributed by atoms with van der Waals surface area (Å²) in [7, 11) is 0. The summed E-state index contributed by atoms with van der Waals surface area (Å²) in [5, 5.41) is 10.2. The van der Waals surface area contributed by atoms with Gasteiger partial charge in [0.15, 0.2) is 0 Å². The maximum absolute atomic E-state index is 12.6. The quantitative estimate of drug-likeness (QED) is 0.797. The fraction of sp³-hybridized carbons (Fsp3) is 0.278. The number of amides is 1. The van der Waals surface area contributed by atoms with Crippen LogP contribution >= 0.6 is 15.9 Å². The summed E-state index contributed by atoms with van der Waals surface area (Å²) in [4.78, 5) is 14.3. The molecule has 0 aromatic heterocycles. The minimum atomic E-state index is -0.539. The second kappa shape index (κ2) is 5.13. The molecular weight excluding hydrogens is 342 g/mol. The van der Waals surface area contributed by atoms with Crippen molar-refractivity contribution in [3.8, 4) is 5.75 Å². The second-order valence-corrected chi connectivity index (χ2v) is 7.25. The first-order chi connectivity index (χ1) is 10.3. The van der Waals surface area contributed by atoms with Gasteiger partial charge >= 0.3 is 0 Å². The molecule has 114 valence electrons. The fourth-order valence-electron chi connectivity index (χ4n) is 3.05. The highest BCUT2D eigenvalue weighted by molar-refractivity contribution is 9.10. The maximum Gasteiger partial charge on any atom is 0.235 e. The molecule has 0 bridgehead atoms. The first kappa shape index (κ1) is 15.1. The van der Waals surface area contributed by atoms with Crippen LogP contribution in [0.4, 0.5) is 5.69 Å². The molecule has 1 N–H and O–H groups in total. The first-order valence-electron chi connectivity index (χ1n) is 7.21. The number of β-lactam (4-membered cyclic amide) rings is 1. The lowest BCUT2D eigenvalue weighted by atomic mass is 9.70. The number of carbonyl (C=O) groups is 1. The van der Waals surface area contributed by atoms with Crippen LogP contribution in [-0.2, 0) is 4.79 Å². The zero-order chi connectivity index (χ0) is 16.1. The van der Waals surface area contributed by atoms with Gasteiger partial charge < -0.3 is 10.0 Å². The van der Waals surface area contributed by atoms with Crippen molar-refractivity contribution in [3.05, 3.63) is 58.1 Å². The van der Waals surface area contributed by atoms with Crippen LogP contribution < -0.4 is 4.90 Å². The molecule has 2 aromatic rings. The van der Waals surface area contributed by atoms with Crippen LogP contribution in [0.25, 0.3) is 0 Å². The van der Waals surface area contributed by atoms with E-state index in [4.69, 9.17) is 0 Å². The Labute approximate surface area is 138 Å². The first-order valence-corrected chi connectivity index (χ1v) is 8.00. The Hall–Kier alpha value is -1.81. The van der Waals surface area contributed by atoms with Crippen LogP contribution in [0, 0.1) is 12.3 Å². The van der Waals surface area contributed by atoms with Crippen LogP contribution in [0.15, 0.2) is 46.9 Å². The summed E-state index contributed by atoms with van der Waals surface area (Å²) in [5.74, 6) is 0.284. The van der Waals surface area contributed by atoms with Crippen LogP contribution in [0.1, 0.15) is 31.0 Å². The minimum Gasteiger partial charge on any atom is -0.508 e. The third-order valence-corrected chi connectivity index (χ3v) is 4.80. The van der Waals surface area contributed by atoms with E-state index in [0.717, 1.165) is 21.3 Å². The molecule has 3 rings (SSSR count). The molecule has 3 nitrogen and oxygen atoms in total. The van der Waals surface area contributed by atoms with Crippen molar-refractivity contribution in [2.24, 2.45) is 5.41 Å². The molecule has 2 aromatic carbocycles. The van der Waals surface area contributed by atoms with Gasteiger partial charge in [-0.3, -0.25) is 4.79 Å². The number of phenols is 1. The SMILES string of the molecule is Cc1ccc(N2C(=O)C(C)(C)C2c2cc(Br)ccc2O)cc1. The molecule has 4 heteroatoms. The van der Waals surface area contributed by atoms with E-state index in [-0.39, 0.29) is 17.7 Å². The van der Waals surface area contributed by atoms with Crippen LogP contribution in [0.5, 0.6) is 5.75 Å². The highest BCUT2D eigenvalue weighted by Gasteiger charge is 2.56. The van der Waals surface area contributed by atoms with Gasteiger partial charge in [0.2, 0.25) is 5.91 Å². The zero-order valence-electron chi connectivity index (χ0n) is 12.8. The van der Waals surface area contributed by atoms with Crippen molar-refractivity contribution < 1.29 is 9.90 Å². The van der Waals surface area contributed by atoms with E-state index in [0.29, 0.717) is 0 Å². The van der Waals surface area contributed by atoms with Gasteiger partial charge in [-0.25, -0.2) is 0 Å². The predicted molar refractivity (Wildman–Crippen MR) is 91.0 cm³/mol. The van der Waals surface area contributed by atoms with Gasteiger partial charge in [-0.15, -0.1) is 0 Å². The van der Waals surface area contributed by atoms with Gasteiger partial charge in [0.05, 0.1) is 11.5 Å². The van der Waals surface area contributed by atoms with Crippen molar-refractivity contribution in [2.75, 3.05) is 4.90 Å². The van der Waals surface area contributed by atoms with E-state index in [9.17, 15) is 9.90 Å². The lowest BCUT2D eigenvalue weighted by Gasteiger charge is -2.53. The highest BCUT2D eigenvalue weighted by atomic mass is 79.9. The van der Waals surface area contributed by atoms with E-state index >= 15 is 0 Å². The van der Waals surface area contributed by atoms with Gasteiger partial charge in [0.25, 0.3) is 0 Å². The number of aromatic hydroxyl groups is 1. The normalized spacial score (nSPS) is 19.9. The van der Waals surface area contributed by atoms with E-state index in [1.54, 1.807) is 17.0 Å². The van der Waals surface area contributed by atoms with Gasteiger partial charge in [0, 0.05) is 15.7 Å². The number of nitrogens with zero attached hydrogens (tertiary/aromatic N) is 1. The number of hydrogen-bond acceptors (Lipinski definition) is 2. The molecule has 1 saturated heterocycles. The molecule has 0 spiro atoms. The molecule has 1 amide bonds. The smallest absolute Gasteiger partial charge is 0.235 e. The van der Waals surface area contributed by atoms with E-state index in [1.807, 2.05) is 51.1 Å². The van der Waals surface area contributed by atoms with Crippen LogP contribution in [0.3, 0.4) is 0 Å². The second-order valence-electron chi connectivity index (χ2n) is 6.34. The number of carbonyl (C=O) groups excluding carboxylic acids is 1. The lowest BCUT2D eigenvalue weighted by molar-refractivity contribution is -0.137. The maximum atomic E-state index is 12.6. The summed E-state index contributed by atoms with van der Waals surface area (Å²) in [6.07, 6.45) is 0. The Balaban J connectivity index is 2.08. The lowest BCUT2D eigenvalue weighted by Crippen LogP contribution is -2.61. The van der Waals surface area contributed by atoms with Crippen molar-refractivity contribution in [1.82, 2.24) is 0 Å².